The highest BCUT2D eigenvalue weighted by Crippen LogP contribution is 2.23. The number of halogens is 1. The van der Waals surface area contributed by atoms with Gasteiger partial charge >= 0.3 is 0 Å². The SMILES string of the molecule is CNc1ccn2c(-c3ccc(Cl)cc3)ncc2c1. The Morgan fingerprint density at radius 1 is 1.17 bits per heavy atom. The summed E-state index contributed by atoms with van der Waals surface area (Å²) in [7, 11) is 1.91. The number of imidazole rings is 1. The zero-order chi connectivity index (χ0) is 12.5. The molecule has 0 amide bonds. The van der Waals surface area contributed by atoms with Gasteiger partial charge in [0.15, 0.2) is 0 Å². The first-order valence-corrected chi connectivity index (χ1v) is 6.06. The number of benzene rings is 1. The van der Waals surface area contributed by atoms with E-state index in [1.165, 1.54) is 0 Å². The third-order valence-electron chi connectivity index (χ3n) is 2.92. The summed E-state index contributed by atoms with van der Waals surface area (Å²) >= 11 is 5.90. The van der Waals surface area contributed by atoms with E-state index in [9.17, 15) is 0 Å². The van der Waals surface area contributed by atoms with Crippen LogP contribution >= 0.6 is 11.6 Å². The Hall–Kier alpha value is -2.00. The van der Waals surface area contributed by atoms with Gasteiger partial charge in [-0.15, -0.1) is 0 Å². The number of hydrogen-bond acceptors (Lipinski definition) is 2. The first kappa shape index (κ1) is 11.1. The van der Waals surface area contributed by atoms with Crippen LogP contribution in [0.4, 0.5) is 5.69 Å². The summed E-state index contributed by atoms with van der Waals surface area (Å²) in [5.41, 5.74) is 3.19. The Balaban J connectivity index is 2.15. The molecule has 3 rings (SSSR count). The van der Waals surface area contributed by atoms with Gasteiger partial charge in [-0.3, -0.25) is 4.40 Å². The van der Waals surface area contributed by atoms with Crippen LogP contribution in [-0.4, -0.2) is 16.4 Å². The predicted molar refractivity (Wildman–Crippen MR) is 75.2 cm³/mol. The first-order chi connectivity index (χ1) is 8.78. The summed E-state index contributed by atoms with van der Waals surface area (Å²) in [5.74, 6) is 0.921. The van der Waals surface area contributed by atoms with Gasteiger partial charge in [0.25, 0.3) is 0 Å². The van der Waals surface area contributed by atoms with Gasteiger partial charge in [-0.05, 0) is 36.4 Å². The quantitative estimate of drug-likeness (QED) is 0.759. The minimum atomic E-state index is 0.733. The number of rotatable bonds is 2. The summed E-state index contributed by atoms with van der Waals surface area (Å²) in [6.07, 6.45) is 3.88. The highest BCUT2D eigenvalue weighted by molar-refractivity contribution is 6.30. The van der Waals surface area contributed by atoms with Crippen molar-refractivity contribution in [2.45, 2.75) is 0 Å². The molecule has 1 aromatic carbocycles. The van der Waals surface area contributed by atoms with Crippen molar-refractivity contribution < 1.29 is 0 Å². The molecular weight excluding hydrogens is 246 g/mol. The average molecular weight is 258 g/mol. The molecule has 90 valence electrons. The molecule has 2 aromatic heterocycles. The lowest BCUT2D eigenvalue weighted by molar-refractivity contribution is 1.16. The molecule has 0 aliphatic rings. The molecule has 3 nitrogen and oxygen atoms in total. The molecule has 0 radical (unpaired) electrons. The van der Waals surface area contributed by atoms with E-state index < -0.39 is 0 Å². The van der Waals surface area contributed by atoms with Crippen LogP contribution in [0.1, 0.15) is 0 Å². The van der Waals surface area contributed by atoms with Crippen LogP contribution in [0.15, 0.2) is 48.8 Å². The highest BCUT2D eigenvalue weighted by atomic mass is 35.5. The fraction of sp³-hybridized carbons (Fsp3) is 0.0714. The van der Waals surface area contributed by atoms with Crippen LogP contribution in [0.3, 0.4) is 0 Å². The van der Waals surface area contributed by atoms with Crippen LogP contribution in [0.2, 0.25) is 5.02 Å². The molecule has 0 saturated carbocycles. The Morgan fingerprint density at radius 3 is 2.67 bits per heavy atom. The minimum absolute atomic E-state index is 0.733. The molecule has 0 atom stereocenters. The van der Waals surface area contributed by atoms with Crippen LogP contribution in [-0.2, 0) is 0 Å². The third kappa shape index (κ3) is 1.83. The Kier molecular flexibility index (Phi) is 2.68. The standard InChI is InChI=1S/C14H12ClN3/c1-16-12-6-7-18-13(8-12)9-17-14(18)10-2-4-11(15)5-3-10/h2-9,16H,1H3. The van der Waals surface area contributed by atoms with Crippen molar-refractivity contribution in [3.8, 4) is 11.4 Å². The molecule has 0 aliphatic carbocycles. The molecule has 2 heterocycles. The van der Waals surface area contributed by atoms with Crippen LogP contribution in [0.5, 0.6) is 0 Å². The number of fused-ring (bicyclic) bond motifs is 1. The normalized spacial score (nSPS) is 10.8. The predicted octanol–water partition coefficient (Wildman–Crippen LogP) is 3.70. The molecule has 18 heavy (non-hydrogen) atoms. The van der Waals surface area contributed by atoms with E-state index in [2.05, 4.69) is 20.8 Å². The zero-order valence-electron chi connectivity index (χ0n) is 9.89. The zero-order valence-corrected chi connectivity index (χ0v) is 10.6. The van der Waals surface area contributed by atoms with E-state index >= 15 is 0 Å². The second kappa shape index (κ2) is 4.35. The fourth-order valence-electron chi connectivity index (χ4n) is 1.97. The van der Waals surface area contributed by atoms with Crippen molar-refractivity contribution in [1.29, 1.82) is 0 Å². The van der Waals surface area contributed by atoms with E-state index in [0.717, 1.165) is 27.6 Å². The monoisotopic (exact) mass is 257 g/mol. The number of nitrogens with zero attached hydrogens (tertiary/aromatic N) is 2. The molecule has 0 saturated heterocycles. The van der Waals surface area contributed by atoms with Gasteiger partial charge in [0.2, 0.25) is 0 Å². The molecule has 0 fully saturated rings. The number of anilines is 1. The Morgan fingerprint density at radius 2 is 1.94 bits per heavy atom. The summed E-state index contributed by atoms with van der Waals surface area (Å²) in [6, 6.07) is 11.8. The summed E-state index contributed by atoms with van der Waals surface area (Å²) < 4.78 is 2.06. The smallest absolute Gasteiger partial charge is 0.144 e. The van der Waals surface area contributed by atoms with Crippen molar-refractivity contribution in [3.63, 3.8) is 0 Å². The van der Waals surface area contributed by atoms with Crippen molar-refractivity contribution >= 4 is 22.8 Å². The summed E-state index contributed by atoms with van der Waals surface area (Å²) in [4.78, 5) is 4.46. The lowest BCUT2D eigenvalue weighted by Gasteiger charge is -2.04. The molecule has 0 aliphatic heterocycles. The molecule has 0 spiro atoms. The minimum Gasteiger partial charge on any atom is -0.388 e. The van der Waals surface area contributed by atoms with E-state index in [-0.39, 0.29) is 0 Å². The molecule has 3 aromatic rings. The van der Waals surface area contributed by atoms with Crippen LogP contribution in [0, 0.1) is 0 Å². The number of nitrogens with one attached hydrogen (secondary N) is 1. The van der Waals surface area contributed by atoms with Gasteiger partial charge in [-0.2, -0.15) is 0 Å². The van der Waals surface area contributed by atoms with Gasteiger partial charge in [0.1, 0.15) is 5.82 Å². The van der Waals surface area contributed by atoms with Gasteiger partial charge < -0.3 is 5.32 Å². The lowest BCUT2D eigenvalue weighted by atomic mass is 10.2. The van der Waals surface area contributed by atoms with Gasteiger partial charge in [-0.1, -0.05) is 11.6 Å². The largest absolute Gasteiger partial charge is 0.388 e. The third-order valence-corrected chi connectivity index (χ3v) is 3.18. The van der Waals surface area contributed by atoms with Crippen LogP contribution in [0.25, 0.3) is 16.9 Å². The molecule has 4 heteroatoms. The summed E-state index contributed by atoms with van der Waals surface area (Å²) in [5, 5.41) is 3.85. The van der Waals surface area contributed by atoms with Crippen LogP contribution < -0.4 is 5.32 Å². The Bertz CT molecular complexity index is 686. The first-order valence-electron chi connectivity index (χ1n) is 5.69. The number of aromatic nitrogens is 2. The van der Waals surface area contributed by atoms with E-state index in [1.807, 2.05) is 49.8 Å². The lowest BCUT2D eigenvalue weighted by Crippen LogP contribution is -1.92. The summed E-state index contributed by atoms with van der Waals surface area (Å²) in [6.45, 7) is 0. The van der Waals surface area contributed by atoms with Crippen molar-refractivity contribution in [3.05, 3.63) is 53.8 Å². The maximum absolute atomic E-state index is 5.90. The van der Waals surface area contributed by atoms with E-state index in [0.29, 0.717) is 0 Å². The second-order valence-electron chi connectivity index (χ2n) is 4.05. The Labute approximate surface area is 110 Å². The van der Waals surface area contributed by atoms with Gasteiger partial charge in [-0.25, -0.2) is 4.98 Å². The highest BCUT2D eigenvalue weighted by Gasteiger charge is 2.06. The maximum Gasteiger partial charge on any atom is 0.144 e. The molecular formula is C14H12ClN3. The topological polar surface area (TPSA) is 29.3 Å². The number of hydrogen-bond donors (Lipinski definition) is 1. The van der Waals surface area contributed by atoms with Crippen molar-refractivity contribution in [1.82, 2.24) is 9.38 Å². The van der Waals surface area contributed by atoms with Gasteiger partial charge in [0.05, 0.1) is 11.7 Å². The maximum atomic E-state index is 5.90. The fourth-order valence-corrected chi connectivity index (χ4v) is 2.09. The van der Waals surface area contributed by atoms with Crippen molar-refractivity contribution in [2.24, 2.45) is 0 Å². The number of pyridine rings is 1. The van der Waals surface area contributed by atoms with Gasteiger partial charge in [0, 0.05) is 29.5 Å². The molecule has 0 bridgehead atoms. The second-order valence-corrected chi connectivity index (χ2v) is 4.49. The van der Waals surface area contributed by atoms with Crippen molar-refractivity contribution in [2.75, 3.05) is 12.4 Å². The molecule has 0 unspecified atom stereocenters. The van der Waals surface area contributed by atoms with E-state index in [1.54, 1.807) is 0 Å². The average Bonchev–Trinajstić information content (AvgIpc) is 2.82. The molecule has 1 N–H and O–H groups in total. The van der Waals surface area contributed by atoms with E-state index in [4.69, 9.17) is 11.6 Å².